The van der Waals surface area contributed by atoms with Gasteiger partial charge in [0.2, 0.25) is 0 Å². The van der Waals surface area contributed by atoms with Gasteiger partial charge in [0.05, 0.1) is 16.2 Å². The maximum atomic E-state index is 13.1. The number of nitrogens with zero attached hydrogens (tertiary/aromatic N) is 1. The number of rotatable bonds is 4. The second-order valence-electron chi connectivity index (χ2n) is 4.92. The van der Waals surface area contributed by atoms with E-state index >= 15 is 0 Å². The van der Waals surface area contributed by atoms with E-state index in [0.29, 0.717) is 6.07 Å². The molecule has 3 N–H and O–H groups in total. The molecule has 0 atom stereocenters. The van der Waals surface area contributed by atoms with Crippen molar-refractivity contribution >= 4 is 29.1 Å². The first-order valence-corrected chi connectivity index (χ1v) is 6.85. The zero-order valence-corrected chi connectivity index (χ0v) is 12.7. The number of nitro benzene ring substituents is 1. The van der Waals surface area contributed by atoms with Gasteiger partial charge in [0.15, 0.2) is 0 Å². The smallest absolute Gasteiger partial charge is 0.418 e. The number of nitro groups is 1. The van der Waals surface area contributed by atoms with E-state index in [-0.39, 0.29) is 11.3 Å². The molecular weight excluding hydrogens is 359 g/mol. The summed E-state index contributed by atoms with van der Waals surface area (Å²) in [4.78, 5) is 32.9. The average molecular weight is 369 g/mol. The highest BCUT2D eigenvalue weighted by atomic mass is 19.4. The fourth-order valence-electron chi connectivity index (χ4n) is 2.10. The van der Waals surface area contributed by atoms with Crippen LogP contribution < -0.4 is 10.6 Å². The van der Waals surface area contributed by atoms with Crippen LogP contribution in [0.5, 0.6) is 0 Å². The van der Waals surface area contributed by atoms with Crippen molar-refractivity contribution in [3.05, 3.63) is 63.7 Å². The van der Waals surface area contributed by atoms with Gasteiger partial charge in [-0.25, -0.2) is 4.79 Å². The lowest BCUT2D eigenvalue weighted by Gasteiger charge is -2.14. The molecule has 0 aromatic heterocycles. The van der Waals surface area contributed by atoms with Crippen LogP contribution in [0.3, 0.4) is 0 Å². The number of carboxylic acid groups (broad SMARTS) is 1. The summed E-state index contributed by atoms with van der Waals surface area (Å²) in [6, 6.07) is 7.32. The Bertz CT molecular complexity index is 883. The normalized spacial score (nSPS) is 10.9. The van der Waals surface area contributed by atoms with Gasteiger partial charge in [0.25, 0.3) is 11.6 Å². The molecule has 0 saturated heterocycles. The third-order valence-electron chi connectivity index (χ3n) is 3.17. The summed E-state index contributed by atoms with van der Waals surface area (Å²) >= 11 is 0. The Morgan fingerprint density at radius 3 is 2.31 bits per heavy atom. The lowest BCUT2D eigenvalue weighted by molar-refractivity contribution is -0.385. The zero-order valence-electron chi connectivity index (χ0n) is 12.7. The third kappa shape index (κ3) is 4.26. The Morgan fingerprint density at radius 1 is 1.08 bits per heavy atom. The number of carbonyl (C=O) groups excluding carboxylic acids is 1. The summed E-state index contributed by atoms with van der Waals surface area (Å²) < 4.78 is 39.2. The van der Waals surface area contributed by atoms with Crippen LogP contribution in [0.15, 0.2) is 42.5 Å². The molecular formula is C15H10F3N3O5. The van der Waals surface area contributed by atoms with Crippen LogP contribution in [-0.4, -0.2) is 22.0 Å². The molecule has 11 heteroatoms. The number of carbonyl (C=O) groups is 2. The minimum Gasteiger partial charge on any atom is -0.465 e. The first-order valence-electron chi connectivity index (χ1n) is 6.85. The molecule has 0 heterocycles. The number of benzene rings is 2. The number of halogens is 3. The molecule has 0 radical (unpaired) electrons. The predicted octanol–water partition coefficient (Wildman–Crippen LogP) is 3.96. The number of anilines is 2. The van der Waals surface area contributed by atoms with Gasteiger partial charge in [0, 0.05) is 11.8 Å². The molecule has 0 fully saturated rings. The summed E-state index contributed by atoms with van der Waals surface area (Å²) in [5.74, 6) is -0.982. The van der Waals surface area contributed by atoms with E-state index in [4.69, 9.17) is 5.11 Å². The minimum atomic E-state index is -4.89. The Morgan fingerprint density at radius 2 is 1.73 bits per heavy atom. The highest BCUT2D eigenvalue weighted by molar-refractivity contribution is 6.07. The van der Waals surface area contributed by atoms with Crippen molar-refractivity contribution in [2.24, 2.45) is 0 Å². The van der Waals surface area contributed by atoms with E-state index in [1.54, 1.807) is 5.32 Å². The van der Waals surface area contributed by atoms with Crippen molar-refractivity contribution in [1.29, 1.82) is 0 Å². The Hall–Kier alpha value is -3.63. The molecule has 2 amide bonds. The van der Waals surface area contributed by atoms with Crippen molar-refractivity contribution in [2.45, 2.75) is 6.18 Å². The molecule has 0 aliphatic rings. The fourth-order valence-corrected chi connectivity index (χ4v) is 2.10. The second-order valence-corrected chi connectivity index (χ2v) is 4.92. The van der Waals surface area contributed by atoms with Crippen LogP contribution in [0.2, 0.25) is 0 Å². The molecule has 26 heavy (non-hydrogen) atoms. The summed E-state index contributed by atoms with van der Waals surface area (Å²) in [6.07, 6.45) is -6.58. The van der Waals surface area contributed by atoms with Crippen molar-refractivity contribution in [3.63, 3.8) is 0 Å². The van der Waals surface area contributed by atoms with Crippen LogP contribution >= 0.6 is 0 Å². The van der Waals surface area contributed by atoms with Gasteiger partial charge in [-0.15, -0.1) is 0 Å². The lowest BCUT2D eigenvalue weighted by atomic mass is 10.1. The van der Waals surface area contributed by atoms with Gasteiger partial charge in [-0.2, -0.15) is 13.2 Å². The highest BCUT2D eigenvalue weighted by Crippen LogP contribution is 2.36. The molecule has 0 unspecified atom stereocenters. The molecule has 136 valence electrons. The van der Waals surface area contributed by atoms with Crippen molar-refractivity contribution in [2.75, 3.05) is 10.6 Å². The summed E-state index contributed by atoms with van der Waals surface area (Å²) in [6.45, 7) is 0. The Labute approximate surface area is 143 Å². The van der Waals surface area contributed by atoms with Crippen LogP contribution in [0, 0.1) is 10.1 Å². The average Bonchev–Trinajstić information content (AvgIpc) is 2.54. The molecule has 2 rings (SSSR count). The number of hydrogen-bond donors (Lipinski definition) is 3. The number of alkyl halides is 3. The topological polar surface area (TPSA) is 122 Å². The maximum absolute atomic E-state index is 13.1. The van der Waals surface area contributed by atoms with Crippen molar-refractivity contribution < 1.29 is 32.8 Å². The van der Waals surface area contributed by atoms with Gasteiger partial charge in [-0.1, -0.05) is 12.1 Å². The molecule has 0 aliphatic heterocycles. The zero-order chi connectivity index (χ0) is 19.5. The lowest BCUT2D eigenvalue weighted by Crippen LogP contribution is -2.17. The summed E-state index contributed by atoms with van der Waals surface area (Å²) in [7, 11) is 0. The number of para-hydroxylation sites is 1. The summed E-state index contributed by atoms with van der Waals surface area (Å²) in [5, 5.41) is 23.3. The van der Waals surface area contributed by atoms with Crippen LogP contribution in [0.25, 0.3) is 0 Å². The van der Waals surface area contributed by atoms with Crippen molar-refractivity contribution in [3.8, 4) is 0 Å². The molecule has 0 spiro atoms. The number of amides is 2. The molecule has 2 aromatic rings. The van der Waals surface area contributed by atoms with Gasteiger partial charge in [0.1, 0.15) is 5.56 Å². The van der Waals surface area contributed by atoms with E-state index < -0.39 is 40.0 Å². The molecule has 0 aliphatic carbocycles. The predicted molar refractivity (Wildman–Crippen MR) is 84.1 cm³/mol. The Kier molecular flexibility index (Phi) is 5.10. The SMILES string of the molecule is O=C(O)Nc1ccc(NC(=O)c2ccccc2[N+](=O)[O-])cc1C(F)(F)F. The van der Waals surface area contributed by atoms with E-state index in [1.807, 2.05) is 0 Å². The standard InChI is InChI=1S/C15H10F3N3O5/c16-15(17,18)10-7-8(5-6-11(10)20-14(23)24)19-13(22)9-3-1-2-4-12(9)21(25)26/h1-7,20H,(H,19,22)(H,23,24). The van der Waals surface area contributed by atoms with Crippen molar-refractivity contribution in [1.82, 2.24) is 0 Å². The number of nitrogens with one attached hydrogen (secondary N) is 2. The minimum absolute atomic E-state index is 0.309. The largest absolute Gasteiger partial charge is 0.465 e. The molecule has 8 nitrogen and oxygen atoms in total. The monoisotopic (exact) mass is 369 g/mol. The quantitative estimate of drug-likeness (QED) is 0.556. The van der Waals surface area contributed by atoms with Gasteiger partial charge >= 0.3 is 12.3 Å². The third-order valence-corrected chi connectivity index (χ3v) is 3.17. The van der Waals surface area contributed by atoms with Crippen LogP contribution in [0.4, 0.5) is 35.0 Å². The van der Waals surface area contributed by atoms with Crippen LogP contribution in [-0.2, 0) is 6.18 Å². The molecule has 0 bridgehead atoms. The highest BCUT2D eigenvalue weighted by Gasteiger charge is 2.34. The molecule has 2 aromatic carbocycles. The first-order chi connectivity index (χ1) is 12.1. The van der Waals surface area contributed by atoms with Gasteiger partial charge < -0.3 is 10.4 Å². The van der Waals surface area contributed by atoms with Crippen LogP contribution in [0.1, 0.15) is 15.9 Å². The van der Waals surface area contributed by atoms with E-state index in [1.165, 1.54) is 12.1 Å². The van der Waals surface area contributed by atoms with E-state index in [0.717, 1.165) is 24.3 Å². The first kappa shape index (κ1) is 18.7. The fraction of sp³-hybridized carbons (Fsp3) is 0.0667. The van der Waals surface area contributed by atoms with Gasteiger partial charge in [-0.05, 0) is 24.3 Å². The molecule has 0 saturated carbocycles. The Balaban J connectivity index is 2.37. The maximum Gasteiger partial charge on any atom is 0.418 e. The van der Waals surface area contributed by atoms with E-state index in [9.17, 15) is 32.9 Å². The van der Waals surface area contributed by atoms with Gasteiger partial charge in [-0.3, -0.25) is 20.2 Å². The van der Waals surface area contributed by atoms with E-state index in [2.05, 4.69) is 5.32 Å². The second kappa shape index (κ2) is 7.09. The number of hydrogen-bond acceptors (Lipinski definition) is 4. The summed E-state index contributed by atoms with van der Waals surface area (Å²) in [5.41, 5.74) is -3.19.